The van der Waals surface area contributed by atoms with Gasteiger partial charge in [-0.1, -0.05) is 44.2 Å². The van der Waals surface area contributed by atoms with Crippen LogP contribution >= 0.6 is 0 Å². The lowest BCUT2D eigenvalue weighted by Crippen LogP contribution is -2.02. The summed E-state index contributed by atoms with van der Waals surface area (Å²) in [5.41, 5.74) is 6.73. The van der Waals surface area contributed by atoms with Gasteiger partial charge in [0.05, 0.1) is 0 Å². The lowest BCUT2D eigenvalue weighted by Gasteiger charge is -2.13. The Balaban J connectivity index is 2.02. The van der Waals surface area contributed by atoms with Crippen molar-refractivity contribution < 1.29 is 0 Å². The van der Waals surface area contributed by atoms with Gasteiger partial charge in [-0.05, 0) is 60.6 Å². The SMILES string of the molecule is CCC(C)c1ccc(NCc2cccc(C)c2C)cc1. The van der Waals surface area contributed by atoms with Gasteiger partial charge in [-0.2, -0.15) is 0 Å². The molecule has 0 saturated heterocycles. The van der Waals surface area contributed by atoms with Crippen LogP contribution in [0.5, 0.6) is 0 Å². The van der Waals surface area contributed by atoms with Crippen LogP contribution in [-0.2, 0) is 6.54 Å². The zero-order valence-electron chi connectivity index (χ0n) is 13.0. The van der Waals surface area contributed by atoms with E-state index in [9.17, 15) is 0 Å². The standard InChI is InChI=1S/C19H25N/c1-5-14(2)17-9-11-19(12-10-17)20-13-18-8-6-7-15(3)16(18)4/h6-12,14,20H,5,13H2,1-4H3. The molecule has 1 heteroatoms. The van der Waals surface area contributed by atoms with Gasteiger partial charge in [0.25, 0.3) is 0 Å². The summed E-state index contributed by atoms with van der Waals surface area (Å²) in [5, 5.41) is 3.51. The average Bonchev–Trinajstić information content (AvgIpc) is 2.48. The Morgan fingerprint density at radius 3 is 2.35 bits per heavy atom. The van der Waals surface area contributed by atoms with Crippen LogP contribution in [0.3, 0.4) is 0 Å². The van der Waals surface area contributed by atoms with Crippen molar-refractivity contribution >= 4 is 5.69 Å². The van der Waals surface area contributed by atoms with Crippen molar-refractivity contribution in [2.45, 2.75) is 46.6 Å². The second kappa shape index (κ2) is 6.60. The molecule has 1 unspecified atom stereocenters. The van der Waals surface area contributed by atoms with Crippen molar-refractivity contribution in [3.63, 3.8) is 0 Å². The summed E-state index contributed by atoms with van der Waals surface area (Å²) in [6, 6.07) is 15.3. The summed E-state index contributed by atoms with van der Waals surface area (Å²) in [4.78, 5) is 0. The fraction of sp³-hybridized carbons (Fsp3) is 0.368. The monoisotopic (exact) mass is 267 g/mol. The highest BCUT2D eigenvalue weighted by atomic mass is 14.9. The minimum Gasteiger partial charge on any atom is -0.381 e. The number of benzene rings is 2. The number of nitrogens with one attached hydrogen (secondary N) is 1. The average molecular weight is 267 g/mol. The fourth-order valence-electron chi connectivity index (χ4n) is 2.37. The summed E-state index contributed by atoms with van der Waals surface area (Å²) in [6.07, 6.45) is 1.19. The topological polar surface area (TPSA) is 12.0 Å². The maximum absolute atomic E-state index is 3.51. The molecular weight excluding hydrogens is 242 g/mol. The van der Waals surface area contributed by atoms with Gasteiger partial charge >= 0.3 is 0 Å². The van der Waals surface area contributed by atoms with Gasteiger partial charge in [0.2, 0.25) is 0 Å². The molecule has 0 bridgehead atoms. The van der Waals surface area contributed by atoms with E-state index in [1.807, 2.05) is 0 Å². The van der Waals surface area contributed by atoms with Gasteiger partial charge < -0.3 is 5.32 Å². The maximum Gasteiger partial charge on any atom is 0.0403 e. The molecule has 2 aromatic rings. The van der Waals surface area contributed by atoms with E-state index in [1.54, 1.807) is 0 Å². The van der Waals surface area contributed by atoms with E-state index in [0.29, 0.717) is 5.92 Å². The van der Waals surface area contributed by atoms with E-state index in [4.69, 9.17) is 0 Å². The molecule has 0 aliphatic carbocycles. The Morgan fingerprint density at radius 2 is 1.70 bits per heavy atom. The molecule has 0 spiro atoms. The summed E-state index contributed by atoms with van der Waals surface area (Å²) in [6.45, 7) is 9.75. The van der Waals surface area contributed by atoms with Crippen LogP contribution < -0.4 is 5.32 Å². The minimum absolute atomic E-state index is 0.642. The highest BCUT2D eigenvalue weighted by Crippen LogP contribution is 2.21. The number of aryl methyl sites for hydroxylation is 1. The third-order valence-electron chi connectivity index (χ3n) is 4.29. The maximum atomic E-state index is 3.51. The van der Waals surface area contributed by atoms with E-state index >= 15 is 0 Å². The molecule has 1 atom stereocenters. The molecule has 0 radical (unpaired) electrons. The molecule has 1 nitrogen and oxygen atoms in total. The molecule has 0 aliphatic rings. The van der Waals surface area contributed by atoms with E-state index in [2.05, 4.69) is 75.5 Å². The summed E-state index contributed by atoms with van der Waals surface area (Å²) >= 11 is 0. The van der Waals surface area contributed by atoms with Gasteiger partial charge in [0.1, 0.15) is 0 Å². The van der Waals surface area contributed by atoms with Crippen LogP contribution in [0.15, 0.2) is 42.5 Å². The Kier molecular flexibility index (Phi) is 4.84. The second-order valence-corrected chi connectivity index (χ2v) is 5.64. The quantitative estimate of drug-likeness (QED) is 0.761. The van der Waals surface area contributed by atoms with Crippen LogP contribution in [0.1, 0.15) is 48.4 Å². The van der Waals surface area contributed by atoms with E-state index < -0.39 is 0 Å². The number of anilines is 1. The van der Waals surface area contributed by atoms with Crippen molar-refractivity contribution in [3.05, 3.63) is 64.7 Å². The van der Waals surface area contributed by atoms with Gasteiger partial charge in [0, 0.05) is 12.2 Å². The highest BCUT2D eigenvalue weighted by Gasteiger charge is 2.03. The van der Waals surface area contributed by atoms with Crippen molar-refractivity contribution in [3.8, 4) is 0 Å². The molecule has 106 valence electrons. The molecule has 2 aromatic carbocycles. The minimum atomic E-state index is 0.642. The van der Waals surface area contributed by atoms with E-state index in [-0.39, 0.29) is 0 Å². The third-order valence-corrected chi connectivity index (χ3v) is 4.29. The first-order valence-electron chi connectivity index (χ1n) is 7.50. The van der Waals surface area contributed by atoms with Crippen molar-refractivity contribution in [2.75, 3.05) is 5.32 Å². The van der Waals surface area contributed by atoms with Gasteiger partial charge in [-0.15, -0.1) is 0 Å². The molecule has 0 amide bonds. The fourth-order valence-corrected chi connectivity index (χ4v) is 2.37. The Morgan fingerprint density at radius 1 is 1.00 bits per heavy atom. The molecule has 20 heavy (non-hydrogen) atoms. The molecule has 0 fully saturated rings. The number of hydrogen-bond acceptors (Lipinski definition) is 1. The molecule has 0 aromatic heterocycles. The molecule has 1 N–H and O–H groups in total. The number of rotatable bonds is 5. The van der Waals surface area contributed by atoms with Crippen LogP contribution in [0.2, 0.25) is 0 Å². The third kappa shape index (κ3) is 3.41. The van der Waals surface area contributed by atoms with Crippen molar-refractivity contribution in [1.29, 1.82) is 0 Å². The predicted octanol–water partition coefficient (Wildman–Crippen LogP) is 5.43. The predicted molar refractivity (Wildman–Crippen MR) is 88.4 cm³/mol. The summed E-state index contributed by atoms with van der Waals surface area (Å²) in [7, 11) is 0. The highest BCUT2D eigenvalue weighted by molar-refractivity contribution is 5.46. The Hall–Kier alpha value is -1.76. The Labute approximate surface area is 123 Å². The van der Waals surface area contributed by atoms with Gasteiger partial charge in [-0.3, -0.25) is 0 Å². The normalized spacial score (nSPS) is 12.2. The lowest BCUT2D eigenvalue weighted by molar-refractivity contribution is 0.734. The summed E-state index contributed by atoms with van der Waals surface area (Å²) in [5.74, 6) is 0.642. The zero-order valence-corrected chi connectivity index (χ0v) is 13.0. The largest absolute Gasteiger partial charge is 0.381 e. The Bertz CT molecular complexity index is 554. The molecule has 2 rings (SSSR count). The van der Waals surface area contributed by atoms with Crippen LogP contribution in [0.4, 0.5) is 5.69 Å². The van der Waals surface area contributed by atoms with Crippen LogP contribution in [-0.4, -0.2) is 0 Å². The zero-order chi connectivity index (χ0) is 14.5. The van der Waals surface area contributed by atoms with Gasteiger partial charge in [0.15, 0.2) is 0 Å². The van der Waals surface area contributed by atoms with Crippen LogP contribution in [0.25, 0.3) is 0 Å². The summed E-state index contributed by atoms with van der Waals surface area (Å²) < 4.78 is 0. The molecular formula is C19H25N. The van der Waals surface area contributed by atoms with Gasteiger partial charge in [-0.25, -0.2) is 0 Å². The molecule has 0 aliphatic heterocycles. The van der Waals surface area contributed by atoms with E-state index in [0.717, 1.165) is 6.54 Å². The molecule has 0 heterocycles. The van der Waals surface area contributed by atoms with Crippen LogP contribution in [0, 0.1) is 13.8 Å². The van der Waals surface area contributed by atoms with Crippen molar-refractivity contribution in [1.82, 2.24) is 0 Å². The lowest BCUT2D eigenvalue weighted by atomic mass is 9.98. The van der Waals surface area contributed by atoms with Crippen molar-refractivity contribution in [2.24, 2.45) is 0 Å². The number of hydrogen-bond donors (Lipinski definition) is 1. The first-order valence-corrected chi connectivity index (χ1v) is 7.50. The second-order valence-electron chi connectivity index (χ2n) is 5.64. The van der Waals surface area contributed by atoms with E-state index in [1.165, 1.54) is 34.4 Å². The molecule has 0 saturated carbocycles. The first kappa shape index (κ1) is 14.6. The first-order chi connectivity index (χ1) is 9.61. The smallest absolute Gasteiger partial charge is 0.0403 e.